The van der Waals surface area contributed by atoms with Crippen molar-refractivity contribution in [3.8, 4) is 0 Å². The second-order valence-electron chi connectivity index (χ2n) is 4.38. The molecule has 18 heavy (non-hydrogen) atoms. The number of ketones is 1. The van der Waals surface area contributed by atoms with Gasteiger partial charge in [-0.15, -0.1) is 11.3 Å². The smallest absolute Gasteiger partial charge is 0.253 e. The molecule has 6 heteroatoms. The molecule has 0 saturated carbocycles. The molecular formula is C12H17NO3S2. The summed E-state index contributed by atoms with van der Waals surface area (Å²) in [7, 11) is -3.49. The highest BCUT2D eigenvalue weighted by atomic mass is 32.2. The molecule has 2 heterocycles. The van der Waals surface area contributed by atoms with E-state index >= 15 is 0 Å². The van der Waals surface area contributed by atoms with Crippen molar-refractivity contribution in [1.82, 2.24) is 4.31 Å². The highest BCUT2D eigenvalue weighted by molar-refractivity contribution is 7.91. The summed E-state index contributed by atoms with van der Waals surface area (Å²) in [5, 5.41) is 1.74. The molecule has 1 fully saturated rings. The van der Waals surface area contributed by atoms with Gasteiger partial charge < -0.3 is 0 Å². The molecule has 0 spiro atoms. The molecule has 0 bridgehead atoms. The minimum Gasteiger partial charge on any atom is -0.298 e. The number of hydrogen-bond donors (Lipinski definition) is 0. The zero-order valence-corrected chi connectivity index (χ0v) is 12.0. The maximum atomic E-state index is 12.5. The largest absolute Gasteiger partial charge is 0.298 e. The Morgan fingerprint density at radius 3 is 2.89 bits per heavy atom. The van der Waals surface area contributed by atoms with Gasteiger partial charge in [-0.1, -0.05) is 19.4 Å². The van der Waals surface area contributed by atoms with Crippen molar-refractivity contribution < 1.29 is 13.2 Å². The number of sulfonamides is 1. The van der Waals surface area contributed by atoms with Crippen LogP contribution in [0.4, 0.5) is 0 Å². The van der Waals surface area contributed by atoms with Gasteiger partial charge in [-0.05, 0) is 24.3 Å². The zero-order valence-electron chi connectivity index (χ0n) is 10.3. The first-order valence-corrected chi connectivity index (χ1v) is 8.47. The van der Waals surface area contributed by atoms with E-state index in [4.69, 9.17) is 0 Å². The quantitative estimate of drug-likeness (QED) is 0.853. The summed E-state index contributed by atoms with van der Waals surface area (Å²) >= 11 is 1.20. The van der Waals surface area contributed by atoms with Gasteiger partial charge in [-0.3, -0.25) is 4.79 Å². The number of carbonyl (C=O) groups excluding carboxylic acids is 1. The zero-order chi connectivity index (χ0) is 13.2. The van der Waals surface area contributed by atoms with E-state index in [0.717, 1.165) is 12.8 Å². The summed E-state index contributed by atoms with van der Waals surface area (Å²) in [5.74, 6) is 0.0230. The van der Waals surface area contributed by atoms with E-state index < -0.39 is 16.1 Å². The fraction of sp³-hybridized carbons (Fsp3) is 0.583. The van der Waals surface area contributed by atoms with Crippen LogP contribution in [-0.2, 0) is 14.8 Å². The van der Waals surface area contributed by atoms with E-state index in [1.165, 1.54) is 15.6 Å². The van der Waals surface area contributed by atoms with Crippen molar-refractivity contribution in [3.63, 3.8) is 0 Å². The molecule has 1 saturated heterocycles. The highest BCUT2D eigenvalue weighted by Gasteiger charge is 2.36. The van der Waals surface area contributed by atoms with Gasteiger partial charge >= 0.3 is 0 Å². The third-order valence-electron chi connectivity index (χ3n) is 3.23. The van der Waals surface area contributed by atoms with E-state index in [-0.39, 0.29) is 5.78 Å². The molecular weight excluding hydrogens is 270 g/mol. The lowest BCUT2D eigenvalue weighted by Crippen LogP contribution is -2.47. The van der Waals surface area contributed by atoms with E-state index in [9.17, 15) is 13.2 Å². The summed E-state index contributed by atoms with van der Waals surface area (Å²) in [4.78, 5) is 11.9. The van der Waals surface area contributed by atoms with Crippen LogP contribution in [-0.4, -0.2) is 31.1 Å². The second-order valence-corrected chi connectivity index (χ2v) is 7.44. The first-order valence-electron chi connectivity index (χ1n) is 6.15. The lowest BCUT2D eigenvalue weighted by Gasteiger charge is -2.33. The van der Waals surface area contributed by atoms with Crippen LogP contribution >= 0.6 is 11.3 Å². The van der Waals surface area contributed by atoms with Crippen LogP contribution < -0.4 is 0 Å². The standard InChI is InChI=1S/C12H17NO3S2/c1-2-11(14)10-6-3-4-8-13(10)18(15,16)12-7-5-9-17-12/h5,7,9-10H,2-4,6,8H2,1H3. The van der Waals surface area contributed by atoms with Gasteiger partial charge in [0, 0.05) is 13.0 Å². The van der Waals surface area contributed by atoms with Crippen LogP contribution in [0, 0.1) is 0 Å². The van der Waals surface area contributed by atoms with Crippen molar-refractivity contribution in [2.75, 3.05) is 6.54 Å². The Kier molecular flexibility index (Phi) is 4.19. The van der Waals surface area contributed by atoms with Gasteiger partial charge in [0.15, 0.2) is 5.78 Å². The van der Waals surface area contributed by atoms with E-state index in [2.05, 4.69) is 0 Å². The Balaban J connectivity index is 2.32. The topological polar surface area (TPSA) is 54.5 Å². The van der Waals surface area contributed by atoms with Crippen molar-refractivity contribution in [2.45, 2.75) is 42.9 Å². The van der Waals surface area contributed by atoms with Crippen LogP contribution in [0.1, 0.15) is 32.6 Å². The monoisotopic (exact) mass is 287 g/mol. The average molecular weight is 287 g/mol. The number of hydrogen-bond acceptors (Lipinski definition) is 4. The molecule has 4 nitrogen and oxygen atoms in total. The first kappa shape index (κ1) is 13.7. The summed E-state index contributed by atoms with van der Waals surface area (Å²) in [6, 6.07) is 2.86. The Hall–Kier alpha value is -0.720. The molecule has 0 radical (unpaired) electrons. The fourth-order valence-electron chi connectivity index (χ4n) is 2.28. The Bertz CT molecular complexity index is 507. The summed E-state index contributed by atoms with van der Waals surface area (Å²) in [6.07, 6.45) is 2.80. The maximum absolute atomic E-state index is 12.5. The second kappa shape index (κ2) is 5.50. The van der Waals surface area contributed by atoms with E-state index in [0.29, 0.717) is 23.6 Å². The van der Waals surface area contributed by atoms with Crippen molar-refractivity contribution >= 4 is 27.1 Å². The van der Waals surface area contributed by atoms with E-state index in [1.807, 2.05) is 0 Å². The Morgan fingerprint density at radius 1 is 1.50 bits per heavy atom. The normalized spacial score (nSPS) is 21.9. The third kappa shape index (κ3) is 2.50. The van der Waals surface area contributed by atoms with E-state index in [1.54, 1.807) is 24.4 Å². The van der Waals surface area contributed by atoms with Crippen LogP contribution in [0.5, 0.6) is 0 Å². The minimum absolute atomic E-state index is 0.0230. The summed E-state index contributed by atoms with van der Waals surface area (Å²) in [5.41, 5.74) is 0. The number of thiophene rings is 1. The number of Topliss-reactive ketones (excluding diaryl/α,β-unsaturated/α-hetero) is 1. The molecule has 0 aromatic carbocycles. The predicted molar refractivity (Wildman–Crippen MR) is 71.1 cm³/mol. The molecule has 1 aromatic rings. The summed E-state index contributed by atoms with van der Waals surface area (Å²) in [6.45, 7) is 2.24. The number of carbonyl (C=O) groups is 1. The number of nitrogens with zero attached hydrogens (tertiary/aromatic N) is 1. The highest BCUT2D eigenvalue weighted by Crippen LogP contribution is 2.28. The van der Waals surface area contributed by atoms with Gasteiger partial charge in [0.2, 0.25) is 0 Å². The molecule has 1 aliphatic heterocycles. The average Bonchev–Trinajstić information content (AvgIpc) is 2.92. The van der Waals surface area contributed by atoms with Crippen LogP contribution in [0.3, 0.4) is 0 Å². The molecule has 1 aromatic heterocycles. The lowest BCUT2D eigenvalue weighted by molar-refractivity contribution is -0.123. The molecule has 0 aliphatic carbocycles. The third-order valence-corrected chi connectivity index (χ3v) is 6.51. The molecule has 100 valence electrons. The number of rotatable bonds is 4. The molecule has 1 aliphatic rings. The molecule has 1 atom stereocenters. The lowest BCUT2D eigenvalue weighted by atomic mass is 10.00. The Morgan fingerprint density at radius 2 is 2.28 bits per heavy atom. The molecule has 1 unspecified atom stereocenters. The molecule has 2 rings (SSSR count). The van der Waals surface area contributed by atoms with Crippen molar-refractivity contribution in [3.05, 3.63) is 17.5 Å². The minimum atomic E-state index is -3.49. The maximum Gasteiger partial charge on any atom is 0.253 e. The summed E-state index contributed by atoms with van der Waals surface area (Å²) < 4.78 is 26.7. The van der Waals surface area contributed by atoms with Crippen LogP contribution in [0.15, 0.2) is 21.7 Å². The van der Waals surface area contributed by atoms with Crippen LogP contribution in [0.2, 0.25) is 0 Å². The van der Waals surface area contributed by atoms with Gasteiger partial charge in [-0.2, -0.15) is 4.31 Å². The fourth-order valence-corrected chi connectivity index (χ4v) is 5.07. The van der Waals surface area contributed by atoms with Gasteiger partial charge in [0.05, 0.1) is 6.04 Å². The van der Waals surface area contributed by atoms with Gasteiger partial charge in [-0.25, -0.2) is 8.42 Å². The predicted octanol–water partition coefficient (Wildman–Crippen LogP) is 2.27. The SMILES string of the molecule is CCC(=O)C1CCCCN1S(=O)(=O)c1cccs1. The Labute approximate surface area is 112 Å². The van der Waals surface area contributed by atoms with Crippen molar-refractivity contribution in [1.29, 1.82) is 0 Å². The first-order chi connectivity index (χ1) is 8.57. The van der Waals surface area contributed by atoms with Gasteiger partial charge in [0.1, 0.15) is 4.21 Å². The number of piperidine rings is 1. The van der Waals surface area contributed by atoms with Gasteiger partial charge in [0.25, 0.3) is 10.0 Å². The molecule has 0 N–H and O–H groups in total. The molecule has 0 amide bonds. The van der Waals surface area contributed by atoms with Crippen LogP contribution in [0.25, 0.3) is 0 Å². The van der Waals surface area contributed by atoms with Crippen molar-refractivity contribution in [2.24, 2.45) is 0 Å².